The highest BCUT2D eigenvalue weighted by atomic mass is 16.3. The molecule has 0 aliphatic heterocycles. The van der Waals surface area contributed by atoms with Crippen LogP contribution in [0.4, 0.5) is 5.95 Å². The summed E-state index contributed by atoms with van der Waals surface area (Å²) in [6, 6.07) is 9.92. The molecule has 7 nitrogen and oxygen atoms in total. The van der Waals surface area contributed by atoms with Crippen molar-refractivity contribution < 1.29 is 4.42 Å². The predicted molar refractivity (Wildman–Crippen MR) is 90.3 cm³/mol. The zero-order valence-corrected chi connectivity index (χ0v) is 13.4. The highest BCUT2D eigenvalue weighted by Gasteiger charge is 2.17. The van der Waals surface area contributed by atoms with Crippen molar-refractivity contribution in [3.8, 4) is 11.5 Å². The lowest BCUT2D eigenvalue weighted by Crippen LogP contribution is -2.05. The first-order valence-electron chi connectivity index (χ1n) is 7.58. The van der Waals surface area contributed by atoms with Gasteiger partial charge in [-0.15, -0.1) is 5.10 Å². The van der Waals surface area contributed by atoms with Crippen LogP contribution in [0.1, 0.15) is 16.7 Å². The molecular formula is C17H16N6O. The monoisotopic (exact) mass is 320 g/mol. The molecular weight excluding hydrogens is 304 g/mol. The molecule has 0 fully saturated rings. The molecule has 0 amide bonds. The Hall–Kier alpha value is -3.22. The smallest absolute Gasteiger partial charge is 0.222 e. The summed E-state index contributed by atoms with van der Waals surface area (Å²) in [6.07, 6.45) is 1.58. The quantitative estimate of drug-likeness (QED) is 0.623. The van der Waals surface area contributed by atoms with Gasteiger partial charge in [0.1, 0.15) is 5.69 Å². The molecule has 7 heteroatoms. The van der Waals surface area contributed by atoms with Crippen LogP contribution in [0.5, 0.6) is 0 Å². The highest BCUT2D eigenvalue weighted by molar-refractivity contribution is 5.85. The number of hydrogen-bond donors (Lipinski definition) is 1. The molecule has 0 bridgehead atoms. The van der Waals surface area contributed by atoms with Crippen molar-refractivity contribution in [2.75, 3.05) is 5.73 Å². The molecule has 4 rings (SSSR count). The van der Waals surface area contributed by atoms with Crippen LogP contribution in [-0.2, 0) is 6.54 Å². The number of rotatable bonds is 3. The molecule has 3 aromatic heterocycles. The van der Waals surface area contributed by atoms with Gasteiger partial charge in [0.25, 0.3) is 0 Å². The summed E-state index contributed by atoms with van der Waals surface area (Å²) in [5.41, 5.74) is 11.2. The van der Waals surface area contributed by atoms with E-state index in [1.54, 1.807) is 17.0 Å². The van der Waals surface area contributed by atoms with E-state index >= 15 is 0 Å². The zero-order valence-electron chi connectivity index (χ0n) is 13.4. The molecule has 0 radical (unpaired) electrons. The summed E-state index contributed by atoms with van der Waals surface area (Å²) < 4.78 is 7.14. The van der Waals surface area contributed by atoms with Gasteiger partial charge in [-0.2, -0.15) is 4.98 Å². The van der Waals surface area contributed by atoms with Gasteiger partial charge in [0.15, 0.2) is 16.9 Å². The van der Waals surface area contributed by atoms with Crippen molar-refractivity contribution in [3.05, 3.63) is 53.3 Å². The Labute approximate surface area is 138 Å². The molecule has 3 heterocycles. The first kappa shape index (κ1) is 14.4. The first-order chi connectivity index (χ1) is 11.6. The predicted octanol–water partition coefficient (Wildman–Crippen LogP) is 2.73. The Kier molecular flexibility index (Phi) is 3.26. The number of nitrogens with zero attached hydrogens (tertiary/aromatic N) is 5. The molecule has 0 aliphatic carbocycles. The van der Waals surface area contributed by atoms with E-state index in [0.717, 1.165) is 5.56 Å². The fourth-order valence-corrected chi connectivity index (χ4v) is 2.64. The second-order valence-corrected chi connectivity index (χ2v) is 5.75. The molecule has 2 N–H and O–H groups in total. The molecule has 0 saturated carbocycles. The van der Waals surface area contributed by atoms with Gasteiger partial charge in [-0.1, -0.05) is 23.4 Å². The maximum Gasteiger partial charge on any atom is 0.222 e. The molecule has 24 heavy (non-hydrogen) atoms. The number of benzene rings is 1. The van der Waals surface area contributed by atoms with Crippen LogP contribution in [0.15, 0.2) is 41.0 Å². The Balaban J connectivity index is 1.81. The molecule has 0 spiro atoms. The number of nitrogen functional groups attached to an aromatic ring is 1. The van der Waals surface area contributed by atoms with E-state index in [1.807, 2.05) is 6.07 Å². The summed E-state index contributed by atoms with van der Waals surface area (Å²) >= 11 is 0. The van der Waals surface area contributed by atoms with E-state index in [1.165, 1.54) is 11.1 Å². The van der Waals surface area contributed by atoms with Gasteiger partial charge in [0.05, 0.1) is 12.8 Å². The Morgan fingerprint density at radius 1 is 1.12 bits per heavy atom. The van der Waals surface area contributed by atoms with Crippen molar-refractivity contribution in [1.29, 1.82) is 0 Å². The van der Waals surface area contributed by atoms with Gasteiger partial charge in [-0.25, -0.2) is 9.67 Å². The van der Waals surface area contributed by atoms with Crippen LogP contribution in [0, 0.1) is 13.8 Å². The minimum absolute atomic E-state index is 0.164. The van der Waals surface area contributed by atoms with Gasteiger partial charge in [0.2, 0.25) is 5.95 Å². The summed E-state index contributed by atoms with van der Waals surface area (Å²) in [5.74, 6) is 0.755. The number of anilines is 1. The second kappa shape index (κ2) is 5.45. The van der Waals surface area contributed by atoms with Crippen LogP contribution < -0.4 is 5.73 Å². The molecule has 1 aromatic carbocycles. The van der Waals surface area contributed by atoms with Crippen LogP contribution in [-0.4, -0.2) is 25.0 Å². The third-order valence-corrected chi connectivity index (χ3v) is 4.04. The Morgan fingerprint density at radius 2 is 2.00 bits per heavy atom. The fraction of sp³-hybridized carbons (Fsp3) is 0.176. The number of aromatic nitrogens is 5. The van der Waals surface area contributed by atoms with E-state index in [0.29, 0.717) is 29.2 Å². The van der Waals surface area contributed by atoms with Crippen molar-refractivity contribution in [2.24, 2.45) is 0 Å². The average Bonchev–Trinajstić information content (AvgIpc) is 3.21. The maximum atomic E-state index is 5.86. The minimum atomic E-state index is 0.164. The SMILES string of the molecule is Cc1ccc(Cn2nnc3c(-c4ccco4)nc(N)nc32)cc1C. The average molecular weight is 320 g/mol. The van der Waals surface area contributed by atoms with Crippen molar-refractivity contribution in [1.82, 2.24) is 25.0 Å². The van der Waals surface area contributed by atoms with E-state index in [2.05, 4.69) is 52.3 Å². The maximum absolute atomic E-state index is 5.86. The molecule has 4 aromatic rings. The molecule has 120 valence electrons. The lowest BCUT2D eigenvalue weighted by Gasteiger charge is -2.06. The number of fused-ring (bicyclic) bond motifs is 1. The Morgan fingerprint density at radius 3 is 2.75 bits per heavy atom. The van der Waals surface area contributed by atoms with E-state index in [4.69, 9.17) is 10.2 Å². The van der Waals surface area contributed by atoms with Gasteiger partial charge in [-0.3, -0.25) is 0 Å². The van der Waals surface area contributed by atoms with Crippen LogP contribution in [0.2, 0.25) is 0 Å². The minimum Gasteiger partial charge on any atom is -0.463 e. The summed E-state index contributed by atoms with van der Waals surface area (Å²) in [6.45, 7) is 4.74. The van der Waals surface area contributed by atoms with Crippen LogP contribution in [0.3, 0.4) is 0 Å². The zero-order chi connectivity index (χ0) is 16.7. The van der Waals surface area contributed by atoms with E-state index < -0.39 is 0 Å². The highest BCUT2D eigenvalue weighted by Crippen LogP contribution is 2.25. The number of nitrogens with two attached hydrogens (primary N) is 1. The third kappa shape index (κ3) is 2.40. The fourth-order valence-electron chi connectivity index (χ4n) is 2.64. The van der Waals surface area contributed by atoms with Gasteiger partial charge in [0, 0.05) is 0 Å². The number of furan rings is 1. The molecule has 0 unspecified atom stereocenters. The van der Waals surface area contributed by atoms with Gasteiger partial charge in [-0.05, 0) is 42.7 Å². The lowest BCUT2D eigenvalue weighted by molar-refractivity contribution is 0.580. The van der Waals surface area contributed by atoms with Crippen LogP contribution in [0.25, 0.3) is 22.6 Å². The first-order valence-corrected chi connectivity index (χ1v) is 7.58. The van der Waals surface area contributed by atoms with Crippen molar-refractivity contribution in [3.63, 3.8) is 0 Å². The molecule has 0 aliphatic rings. The lowest BCUT2D eigenvalue weighted by atomic mass is 10.1. The standard InChI is InChI=1S/C17H16N6O/c1-10-5-6-12(8-11(10)2)9-23-16-15(21-22-23)14(19-17(18)20-16)13-4-3-7-24-13/h3-8H,9H2,1-2H3,(H2,18,19,20). The normalized spacial score (nSPS) is 11.2. The number of aryl methyl sites for hydroxylation is 2. The molecule has 0 saturated heterocycles. The van der Waals surface area contributed by atoms with E-state index in [9.17, 15) is 0 Å². The molecule has 0 atom stereocenters. The number of hydrogen-bond acceptors (Lipinski definition) is 6. The van der Waals surface area contributed by atoms with Gasteiger partial charge < -0.3 is 10.2 Å². The summed E-state index contributed by atoms with van der Waals surface area (Å²) in [4.78, 5) is 8.55. The van der Waals surface area contributed by atoms with Gasteiger partial charge >= 0.3 is 0 Å². The second-order valence-electron chi connectivity index (χ2n) is 5.75. The van der Waals surface area contributed by atoms with E-state index in [-0.39, 0.29) is 5.95 Å². The van der Waals surface area contributed by atoms with Crippen molar-refractivity contribution >= 4 is 17.1 Å². The summed E-state index contributed by atoms with van der Waals surface area (Å²) in [5, 5.41) is 8.45. The topological polar surface area (TPSA) is 95.7 Å². The Bertz CT molecular complexity index is 1020. The largest absolute Gasteiger partial charge is 0.463 e. The van der Waals surface area contributed by atoms with Crippen molar-refractivity contribution in [2.45, 2.75) is 20.4 Å². The summed E-state index contributed by atoms with van der Waals surface area (Å²) in [7, 11) is 0. The van der Waals surface area contributed by atoms with Crippen LogP contribution >= 0.6 is 0 Å². The third-order valence-electron chi connectivity index (χ3n) is 4.04.